The van der Waals surface area contributed by atoms with E-state index >= 15 is 0 Å². The molecule has 0 aromatic heterocycles. The predicted molar refractivity (Wildman–Crippen MR) is 80.0 cm³/mol. The number of nitrogens with two attached hydrogens (primary N) is 1. The minimum atomic E-state index is -0.178. The van der Waals surface area contributed by atoms with Gasteiger partial charge in [-0.15, -0.1) is 0 Å². The Labute approximate surface area is 119 Å². The molecule has 0 saturated heterocycles. The molecule has 2 aromatic rings. The van der Waals surface area contributed by atoms with Crippen LogP contribution in [0.25, 0.3) is 0 Å². The summed E-state index contributed by atoms with van der Waals surface area (Å²) in [4.78, 5) is 0. The zero-order chi connectivity index (χ0) is 14.0. The van der Waals surface area contributed by atoms with Gasteiger partial charge in [-0.3, -0.25) is 0 Å². The first kappa shape index (κ1) is 13.9. The summed E-state index contributed by atoms with van der Waals surface area (Å²) in [5.41, 5.74) is 10.9. The third-order valence-corrected chi connectivity index (χ3v) is 3.72. The highest BCUT2D eigenvalue weighted by atomic mass is 35.5. The van der Waals surface area contributed by atoms with Crippen molar-refractivity contribution < 1.29 is 4.74 Å². The zero-order valence-electron chi connectivity index (χ0n) is 11.4. The summed E-state index contributed by atoms with van der Waals surface area (Å²) in [7, 11) is 1.60. The zero-order valence-corrected chi connectivity index (χ0v) is 12.2. The largest absolute Gasteiger partial charge is 0.495 e. The number of hydrogen-bond donors (Lipinski definition) is 1. The molecule has 0 radical (unpaired) electrons. The van der Waals surface area contributed by atoms with Crippen molar-refractivity contribution in [3.05, 3.63) is 63.7 Å². The first-order valence-electron chi connectivity index (χ1n) is 6.19. The third-order valence-electron chi connectivity index (χ3n) is 3.43. The highest BCUT2D eigenvalue weighted by Gasteiger charge is 2.11. The average molecular weight is 276 g/mol. The molecule has 1 atom stereocenters. The molecular weight excluding hydrogens is 258 g/mol. The lowest BCUT2D eigenvalue weighted by molar-refractivity contribution is 0.415. The molecule has 0 aliphatic carbocycles. The number of benzene rings is 2. The molecule has 0 heterocycles. The maximum absolute atomic E-state index is 6.30. The minimum Gasteiger partial charge on any atom is -0.495 e. The molecule has 0 amide bonds. The van der Waals surface area contributed by atoms with Crippen LogP contribution in [-0.2, 0) is 0 Å². The number of aryl methyl sites for hydroxylation is 2. The second-order valence-electron chi connectivity index (χ2n) is 4.72. The number of hydrogen-bond acceptors (Lipinski definition) is 2. The minimum absolute atomic E-state index is 0.178. The number of methoxy groups -OCH3 is 1. The lowest BCUT2D eigenvalue weighted by atomic mass is 9.96. The average Bonchev–Trinajstić information content (AvgIpc) is 2.41. The monoisotopic (exact) mass is 275 g/mol. The van der Waals surface area contributed by atoms with Crippen molar-refractivity contribution in [3.63, 3.8) is 0 Å². The van der Waals surface area contributed by atoms with E-state index < -0.39 is 0 Å². The van der Waals surface area contributed by atoms with E-state index in [1.165, 1.54) is 11.1 Å². The lowest BCUT2D eigenvalue weighted by Gasteiger charge is -2.15. The van der Waals surface area contributed by atoms with Crippen LogP contribution in [0.1, 0.15) is 28.3 Å². The van der Waals surface area contributed by atoms with Gasteiger partial charge in [0.1, 0.15) is 5.75 Å². The van der Waals surface area contributed by atoms with Gasteiger partial charge in [0, 0.05) is 0 Å². The van der Waals surface area contributed by atoms with Crippen molar-refractivity contribution >= 4 is 11.6 Å². The Morgan fingerprint density at radius 2 is 1.63 bits per heavy atom. The van der Waals surface area contributed by atoms with Crippen LogP contribution in [0.5, 0.6) is 5.75 Å². The summed E-state index contributed by atoms with van der Waals surface area (Å²) in [6.07, 6.45) is 0. The maximum atomic E-state index is 6.30. The molecule has 0 fully saturated rings. The van der Waals surface area contributed by atoms with Gasteiger partial charge in [-0.1, -0.05) is 35.9 Å². The first-order valence-corrected chi connectivity index (χ1v) is 6.57. The molecule has 0 aliphatic rings. The molecule has 3 heteroatoms. The van der Waals surface area contributed by atoms with E-state index in [9.17, 15) is 0 Å². The van der Waals surface area contributed by atoms with Crippen LogP contribution in [0.2, 0.25) is 5.02 Å². The van der Waals surface area contributed by atoms with Crippen LogP contribution < -0.4 is 10.5 Å². The van der Waals surface area contributed by atoms with E-state index in [0.29, 0.717) is 10.8 Å². The molecule has 2 rings (SSSR count). The van der Waals surface area contributed by atoms with Crippen molar-refractivity contribution in [3.8, 4) is 5.75 Å². The number of halogens is 1. The van der Waals surface area contributed by atoms with E-state index in [1.54, 1.807) is 7.11 Å². The Bertz CT molecular complexity index is 595. The summed E-state index contributed by atoms with van der Waals surface area (Å²) >= 11 is 6.14. The molecule has 2 aromatic carbocycles. The van der Waals surface area contributed by atoms with Crippen LogP contribution in [-0.4, -0.2) is 7.11 Å². The van der Waals surface area contributed by atoms with Gasteiger partial charge >= 0.3 is 0 Å². The summed E-state index contributed by atoms with van der Waals surface area (Å²) in [5.74, 6) is 0.665. The van der Waals surface area contributed by atoms with Gasteiger partial charge in [-0.25, -0.2) is 0 Å². The van der Waals surface area contributed by atoms with Gasteiger partial charge in [0.25, 0.3) is 0 Å². The summed E-state index contributed by atoms with van der Waals surface area (Å²) in [6.45, 7) is 4.18. The van der Waals surface area contributed by atoms with Crippen molar-refractivity contribution in [2.24, 2.45) is 5.73 Å². The van der Waals surface area contributed by atoms with Gasteiger partial charge in [0.05, 0.1) is 18.2 Å². The van der Waals surface area contributed by atoms with Crippen molar-refractivity contribution in [2.45, 2.75) is 19.9 Å². The highest BCUT2D eigenvalue weighted by Crippen LogP contribution is 2.29. The Hall–Kier alpha value is -1.51. The molecule has 2 nitrogen and oxygen atoms in total. The maximum Gasteiger partial charge on any atom is 0.137 e. The van der Waals surface area contributed by atoms with Crippen molar-refractivity contribution in [1.29, 1.82) is 0 Å². The van der Waals surface area contributed by atoms with Gasteiger partial charge in [0.2, 0.25) is 0 Å². The Morgan fingerprint density at radius 3 is 2.21 bits per heavy atom. The van der Waals surface area contributed by atoms with Crippen LogP contribution in [0.15, 0.2) is 36.4 Å². The molecule has 0 aliphatic heterocycles. The van der Waals surface area contributed by atoms with E-state index in [0.717, 1.165) is 11.1 Å². The van der Waals surface area contributed by atoms with E-state index in [2.05, 4.69) is 32.0 Å². The smallest absolute Gasteiger partial charge is 0.137 e. The van der Waals surface area contributed by atoms with Gasteiger partial charge in [-0.2, -0.15) is 0 Å². The predicted octanol–water partition coefficient (Wildman–Crippen LogP) is 4.01. The topological polar surface area (TPSA) is 35.2 Å². The third kappa shape index (κ3) is 2.91. The second kappa shape index (κ2) is 5.64. The van der Waals surface area contributed by atoms with E-state index in [4.69, 9.17) is 22.1 Å². The number of ether oxygens (including phenoxy) is 1. The molecule has 0 saturated carbocycles. The highest BCUT2D eigenvalue weighted by molar-refractivity contribution is 6.32. The molecule has 100 valence electrons. The summed E-state index contributed by atoms with van der Waals surface area (Å²) in [5, 5.41) is 0.583. The van der Waals surface area contributed by atoms with Crippen LogP contribution in [0, 0.1) is 13.8 Å². The molecule has 2 N–H and O–H groups in total. The molecule has 19 heavy (non-hydrogen) atoms. The second-order valence-corrected chi connectivity index (χ2v) is 5.12. The first-order chi connectivity index (χ1) is 9.02. The fraction of sp³-hybridized carbons (Fsp3) is 0.250. The van der Waals surface area contributed by atoms with Gasteiger partial charge in [-0.05, 0) is 48.2 Å². The molecule has 1 unspecified atom stereocenters. The van der Waals surface area contributed by atoms with E-state index in [1.807, 2.05) is 18.2 Å². The fourth-order valence-corrected chi connectivity index (χ4v) is 2.29. The summed E-state index contributed by atoms with van der Waals surface area (Å²) < 4.78 is 5.15. The standard InChI is InChI=1S/C16H18ClNO/c1-10-4-5-12(8-11(10)2)16(18)13-6-7-15(19-3)14(17)9-13/h4-9,16H,18H2,1-3H3. The summed E-state index contributed by atoms with van der Waals surface area (Å²) in [6, 6.07) is 11.8. The van der Waals surface area contributed by atoms with Crippen LogP contribution in [0.4, 0.5) is 0 Å². The van der Waals surface area contributed by atoms with Gasteiger partial charge < -0.3 is 10.5 Å². The fourth-order valence-electron chi connectivity index (χ4n) is 2.03. The SMILES string of the molecule is COc1ccc(C(N)c2ccc(C)c(C)c2)cc1Cl. The van der Waals surface area contributed by atoms with Crippen molar-refractivity contribution in [1.82, 2.24) is 0 Å². The van der Waals surface area contributed by atoms with Crippen LogP contribution >= 0.6 is 11.6 Å². The lowest BCUT2D eigenvalue weighted by Crippen LogP contribution is -2.12. The normalized spacial score (nSPS) is 12.3. The molecule has 0 bridgehead atoms. The van der Waals surface area contributed by atoms with E-state index in [-0.39, 0.29) is 6.04 Å². The molecule has 0 spiro atoms. The van der Waals surface area contributed by atoms with Gasteiger partial charge in [0.15, 0.2) is 0 Å². The van der Waals surface area contributed by atoms with Crippen molar-refractivity contribution in [2.75, 3.05) is 7.11 Å². The Balaban J connectivity index is 2.35. The Morgan fingerprint density at radius 1 is 1.00 bits per heavy atom. The quantitative estimate of drug-likeness (QED) is 0.918. The molecular formula is C16H18ClNO. The van der Waals surface area contributed by atoms with Crippen LogP contribution in [0.3, 0.4) is 0 Å². The Kier molecular flexibility index (Phi) is 4.13. The number of rotatable bonds is 3.